The third-order valence-corrected chi connectivity index (χ3v) is 3.86. The summed E-state index contributed by atoms with van der Waals surface area (Å²) in [6, 6.07) is 6.76. The second-order valence-electron chi connectivity index (χ2n) is 3.76. The van der Waals surface area contributed by atoms with Crippen LogP contribution in [-0.4, -0.2) is 21.5 Å². The number of nitrogens with one attached hydrogen (secondary N) is 1. The zero-order chi connectivity index (χ0) is 13.4. The van der Waals surface area contributed by atoms with Crippen LogP contribution in [0.4, 0.5) is 0 Å². The second kappa shape index (κ2) is 7.17. The molecule has 0 aliphatic rings. The normalized spacial score (nSPS) is 10.8. The van der Waals surface area contributed by atoms with Crippen LogP contribution in [-0.2, 0) is 16.4 Å². The van der Waals surface area contributed by atoms with Crippen molar-refractivity contribution in [3.8, 4) is 11.8 Å². The van der Waals surface area contributed by atoms with Crippen molar-refractivity contribution in [2.75, 3.05) is 13.1 Å². The highest BCUT2D eigenvalue weighted by Crippen LogP contribution is 2.10. The van der Waals surface area contributed by atoms with Crippen molar-refractivity contribution in [1.29, 1.82) is 0 Å². The SMILES string of the molecule is CC#CCCNS(=O)(=O)c1ccc(CCN)cc1. The van der Waals surface area contributed by atoms with Crippen LogP contribution < -0.4 is 10.5 Å². The van der Waals surface area contributed by atoms with Crippen LogP contribution in [0.25, 0.3) is 0 Å². The summed E-state index contributed by atoms with van der Waals surface area (Å²) in [6.07, 6.45) is 1.26. The maximum Gasteiger partial charge on any atom is 0.240 e. The van der Waals surface area contributed by atoms with Gasteiger partial charge in [0.15, 0.2) is 0 Å². The first-order valence-electron chi connectivity index (χ1n) is 5.78. The molecule has 1 aromatic carbocycles. The van der Waals surface area contributed by atoms with Gasteiger partial charge in [-0.1, -0.05) is 12.1 Å². The van der Waals surface area contributed by atoms with Crippen molar-refractivity contribution in [3.05, 3.63) is 29.8 Å². The number of nitrogens with two attached hydrogens (primary N) is 1. The van der Waals surface area contributed by atoms with Gasteiger partial charge in [-0.3, -0.25) is 0 Å². The Bertz CT molecular complexity index is 524. The molecule has 0 aromatic heterocycles. The lowest BCUT2D eigenvalue weighted by Crippen LogP contribution is -2.24. The molecule has 0 bridgehead atoms. The van der Waals surface area contributed by atoms with Crippen molar-refractivity contribution in [2.45, 2.75) is 24.7 Å². The Morgan fingerprint density at radius 3 is 2.50 bits per heavy atom. The minimum atomic E-state index is -3.42. The van der Waals surface area contributed by atoms with E-state index >= 15 is 0 Å². The Hall–Kier alpha value is -1.35. The number of rotatable bonds is 6. The summed E-state index contributed by atoms with van der Waals surface area (Å²) in [7, 11) is -3.42. The van der Waals surface area contributed by atoms with E-state index in [1.807, 2.05) is 0 Å². The number of hydrogen-bond acceptors (Lipinski definition) is 3. The number of sulfonamides is 1. The van der Waals surface area contributed by atoms with Crippen LogP contribution in [0.2, 0.25) is 0 Å². The van der Waals surface area contributed by atoms with Crippen molar-refractivity contribution in [2.24, 2.45) is 5.73 Å². The summed E-state index contributed by atoms with van der Waals surface area (Å²) in [4.78, 5) is 0.271. The average Bonchev–Trinajstić information content (AvgIpc) is 2.36. The van der Waals surface area contributed by atoms with Gasteiger partial charge in [0, 0.05) is 13.0 Å². The first kappa shape index (κ1) is 14.7. The van der Waals surface area contributed by atoms with Crippen LogP contribution in [0.5, 0.6) is 0 Å². The van der Waals surface area contributed by atoms with Gasteiger partial charge in [-0.2, -0.15) is 0 Å². The molecule has 0 atom stereocenters. The van der Waals surface area contributed by atoms with Gasteiger partial charge >= 0.3 is 0 Å². The second-order valence-corrected chi connectivity index (χ2v) is 5.52. The van der Waals surface area contributed by atoms with E-state index < -0.39 is 10.0 Å². The van der Waals surface area contributed by atoms with Gasteiger partial charge < -0.3 is 5.73 Å². The lowest BCUT2D eigenvalue weighted by Gasteiger charge is -2.06. The molecule has 0 heterocycles. The Balaban J connectivity index is 2.68. The summed E-state index contributed by atoms with van der Waals surface area (Å²) < 4.78 is 26.3. The van der Waals surface area contributed by atoms with Crippen LogP contribution in [0.15, 0.2) is 29.2 Å². The number of benzene rings is 1. The van der Waals surface area contributed by atoms with Crippen molar-refractivity contribution in [3.63, 3.8) is 0 Å². The summed E-state index contributed by atoms with van der Waals surface area (Å²) >= 11 is 0. The largest absolute Gasteiger partial charge is 0.330 e. The molecular formula is C13H18N2O2S. The molecule has 4 nitrogen and oxygen atoms in total. The highest BCUT2D eigenvalue weighted by atomic mass is 32.2. The van der Waals surface area contributed by atoms with E-state index in [4.69, 9.17) is 5.73 Å². The fraction of sp³-hybridized carbons (Fsp3) is 0.385. The highest BCUT2D eigenvalue weighted by molar-refractivity contribution is 7.89. The Morgan fingerprint density at radius 2 is 1.94 bits per heavy atom. The molecule has 0 aliphatic carbocycles. The Labute approximate surface area is 109 Å². The molecule has 0 amide bonds. The van der Waals surface area contributed by atoms with E-state index in [1.54, 1.807) is 31.2 Å². The lowest BCUT2D eigenvalue weighted by atomic mass is 10.2. The average molecular weight is 266 g/mol. The molecule has 5 heteroatoms. The topological polar surface area (TPSA) is 72.2 Å². The van der Waals surface area contributed by atoms with Crippen LogP contribution in [0.3, 0.4) is 0 Å². The fourth-order valence-corrected chi connectivity index (χ4v) is 2.49. The fourth-order valence-electron chi connectivity index (χ4n) is 1.46. The van der Waals surface area contributed by atoms with Gasteiger partial charge in [0.2, 0.25) is 10.0 Å². The molecule has 3 N–H and O–H groups in total. The molecule has 0 fully saturated rings. The minimum Gasteiger partial charge on any atom is -0.330 e. The number of hydrogen-bond donors (Lipinski definition) is 2. The van der Waals surface area contributed by atoms with E-state index in [0.29, 0.717) is 19.5 Å². The minimum absolute atomic E-state index is 0.271. The quantitative estimate of drug-likeness (QED) is 0.593. The van der Waals surface area contributed by atoms with Gasteiger partial charge in [-0.15, -0.1) is 11.8 Å². The van der Waals surface area contributed by atoms with Gasteiger partial charge in [0.1, 0.15) is 0 Å². The predicted molar refractivity (Wildman–Crippen MR) is 72.5 cm³/mol. The smallest absolute Gasteiger partial charge is 0.240 e. The third kappa shape index (κ3) is 4.49. The summed E-state index contributed by atoms with van der Waals surface area (Å²) in [5, 5.41) is 0. The molecule has 0 radical (unpaired) electrons. The van der Waals surface area contributed by atoms with Gasteiger partial charge in [0.05, 0.1) is 4.90 Å². The molecule has 98 valence electrons. The molecule has 0 saturated carbocycles. The van der Waals surface area contributed by atoms with E-state index in [9.17, 15) is 8.42 Å². The van der Waals surface area contributed by atoms with Crippen LogP contribution >= 0.6 is 0 Å². The van der Waals surface area contributed by atoms with Crippen LogP contribution in [0.1, 0.15) is 18.9 Å². The molecular weight excluding hydrogens is 248 g/mol. The first-order chi connectivity index (χ1) is 8.60. The highest BCUT2D eigenvalue weighted by Gasteiger charge is 2.12. The van der Waals surface area contributed by atoms with Gasteiger partial charge in [-0.05, 0) is 37.6 Å². The monoisotopic (exact) mass is 266 g/mol. The van der Waals surface area contributed by atoms with E-state index in [0.717, 1.165) is 12.0 Å². The van der Waals surface area contributed by atoms with Gasteiger partial charge in [0.25, 0.3) is 0 Å². The lowest BCUT2D eigenvalue weighted by molar-refractivity contribution is 0.582. The third-order valence-electron chi connectivity index (χ3n) is 2.39. The summed E-state index contributed by atoms with van der Waals surface area (Å²) in [5.41, 5.74) is 6.47. The van der Waals surface area contributed by atoms with E-state index in [1.165, 1.54) is 0 Å². The van der Waals surface area contributed by atoms with E-state index in [-0.39, 0.29) is 4.90 Å². The van der Waals surface area contributed by atoms with E-state index in [2.05, 4.69) is 16.6 Å². The first-order valence-corrected chi connectivity index (χ1v) is 7.27. The van der Waals surface area contributed by atoms with Crippen molar-refractivity contribution in [1.82, 2.24) is 4.72 Å². The molecule has 0 spiro atoms. The predicted octanol–water partition coefficient (Wildman–Crippen LogP) is 0.880. The molecule has 1 rings (SSSR count). The maximum atomic E-state index is 11.9. The van der Waals surface area contributed by atoms with Crippen molar-refractivity contribution >= 4 is 10.0 Å². The standard InChI is InChI=1S/C13H18N2O2S/c1-2-3-4-11-15-18(16,17)13-7-5-12(6-8-13)9-10-14/h5-8,15H,4,9-11,14H2,1H3. The maximum absolute atomic E-state index is 11.9. The Kier molecular flexibility index (Phi) is 5.86. The molecule has 0 saturated heterocycles. The zero-order valence-electron chi connectivity index (χ0n) is 10.4. The zero-order valence-corrected chi connectivity index (χ0v) is 11.3. The van der Waals surface area contributed by atoms with Crippen LogP contribution in [0, 0.1) is 11.8 Å². The molecule has 1 aromatic rings. The van der Waals surface area contributed by atoms with Crippen molar-refractivity contribution < 1.29 is 8.42 Å². The molecule has 18 heavy (non-hydrogen) atoms. The molecule has 0 unspecified atom stereocenters. The molecule has 0 aliphatic heterocycles. The van der Waals surface area contributed by atoms with Gasteiger partial charge in [-0.25, -0.2) is 13.1 Å². The Morgan fingerprint density at radius 1 is 1.28 bits per heavy atom. The summed E-state index contributed by atoms with van der Waals surface area (Å²) in [6.45, 7) is 2.61. The summed E-state index contributed by atoms with van der Waals surface area (Å²) in [5.74, 6) is 5.53.